The molecule has 0 unspecified atom stereocenters. The molecule has 0 spiro atoms. The molecule has 3 atom stereocenters. The number of hydrogen-bond donors (Lipinski definition) is 2. The fourth-order valence-electron chi connectivity index (χ4n) is 4.98. The Balaban J connectivity index is 1.82. The lowest BCUT2D eigenvalue weighted by Crippen LogP contribution is -2.36. The zero-order valence-corrected chi connectivity index (χ0v) is 13.6. The van der Waals surface area contributed by atoms with E-state index in [1.54, 1.807) is 12.3 Å². The molecule has 3 aliphatic carbocycles. The first-order chi connectivity index (χ1) is 11.5. The Bertz CT molecular complexity index is 878. The normalized spacial score (nSPS) is 30.5. The van der Waals surface area contributed by atoms with Crippen LogP contribution in [0, 0.1) is 0 Å². The number of ketones is 1. The minimum absolute atomic E-state index is 0.0966. The van der Waals surface area contributed by atoms with Gasteiger partial charge in [-0.2, -0.15) is 0 Å². The average Bonchev–Trinajstić information content (AvgIpc) is 3.02. The van der Waals surface area contributed by atoms with E-state index in [-0.39, 0.29) is 11.2 Å². The van der Waals surface area contributed by atoms with Crippen molar-refractivity contribution in [3.63, 3.8) is 0 Å². The summed E-state index contributed by atoms with van der Waals surface area (Å²) in [7, 11) is 0. The van der Waals surface area contributed by atoms with E-state index < -0.39 is 12.2 Å². The second-order valence-corrected chi connectivity index (χ2v) is 7.62. The van der Waals surface area contributed by atoms with Gasteiger partial charge in [-0.05, 0) is 60.4 Å². The van der Waals surface area contributed by atoms with Crippen LogP contribution in [0.2, 0.25) is 0 Å². The summed E-state index contributed by atoms with van der Waals surface area (Å²) >= 11 is 0. The molecule has 0 saturated carbocycles. The molecule has 2 aromatic rings. The van der Waals surface area contributed by atoms with Crippen LogP contribution in [0.1, 0.15) is 88.8 Å². The van der Waals surface area contributed by atoms with Gasteiger partial charge in [0.2, 0.25) is 5.78 Å². The van der Waals surface area contributed by atoms with Crippen LogP contribution in [0.25, 0.3) is 0 Å². The summed E-state index contributed by atoms with van der Waals surface area (Å²) < 4.78 is 5.65. The molecule has 5 rings (SSSR count). The van der Waals surface area contributed by atoms with Gasteiger partial charge < -0.3 is 14.6 Å². The van der Waals surface area contributed by atoms with Gasteiger partial charge in [-0.25, -0.2) is 0 Å². The van der Waals surface area contributed by atoms with Gasteiger partial charge in [0, 0.05) is 16.5 Å². The zero-order valence-electron chi connectivity index (χ0n) is 13.6. The first-order valence-electron chi connectivity index (χ1n) is 8.70. The van der Waals surface area contributed by atoms with Gasteiger partial charge in [0.1, 0.15) is 0 Å². The highest BCUT2D eigenvalue weighted by Crippen LogP contribution is 2.51. The molecule has 1 aromatic carbocycles. The number of hydrogen-bond acceptors (Lipinski definition) is 4. The average molecular weight is 324 g/mol. The van der Waals surface area contributed by atoms with Gasteiger partial charge in [-0.1, -0.05) is 13.0 Å². The van der Waals surface area contributed by atoms with Crippen LogP contribution in [0.4, 0.5) is 0 Å². The number of aryl methyl sites for hydroxylation is 1. The third-order valence-corrected chi connectivity index (χ3v) is 6.24. The van der Waals surface area contributed by atoms with E-state index in [1.165, 1.54) is 0 Å². The topological polar surface area (TPSA) is 70.7 Å². The van der Waals surface area contributed by atoms with E-state index in [0.29, 0.717) is 29.7 Å². The Morgan fingerprint density at radius 3 is 2.62 bits per heavy atom. The van der Waals surface area contributed by atoms with E-state index in [1.807, 2.05) is 6.07 Å². The van der Waals surface area contributed by atoms with Gasteiger partial charge in [-0.3, -0.25) is 4.79 Å². The van der Waals surface area contributed by atoms with Gasteiger partial charge in [0.05, 0.1) is 18.5 Å². The van der Waals surface area contributed by atoms with Gasteiger partial charge in [0.25, 0.3) is 0 Å². The van der Waals surface area contributed by atoms with Crippen molar-refractivity contribution in [2.24, 2.45) is 0 Å². The Labute approximate surface area is 140 Å². The molecule has 0 amide bonds. The summed E-state index contributed by atoms with van der Waals surface area (Å²) in [5.74, 6) is 0.367. The van der Waals surface area contributed by atoms with E-state index in [9.17, 15) is 15.0 Å². The first-order valence-corrected chi connectivity index (χ1v) is 8.70. The highest BCUT2D eigenvalue weighted by Gasteiger charge is 2.46. The van der Waals surface area contributed by atoms with Crippen LogP contribution in [0.3, 0.4) is 0 Å². The van der Waals surface area contributed by atoms with Crippen molar-refractivity contribution in [2.45, 2.75) is 56.7 Å². The molecular weight excluding hydrogens is 304 g/mol. The van der Waals surface area contributed by atoms with Crippen molar-refractivity contribution < 1.29 is 19.4 Å². The number of carbonyl (C=O) groups is 1. The Morgan fingerprint density at radius 1 is 1.17 bits per heavy atom. The van der Waals surface area contributed by atoms with Crippen LogP contribution in [0.5, 0.6) is 0 Å². The monoisotopic (exact) mass is 324 g/mol. The number of carbonyl (C=O) groups excluding carboxylic acids is 1. The van der Waals surface area contributed by atoms with Crippen LogP contribution in [-0.2, 0) is 11.8 Å². The summed E-state index contributed by atoms with van der Waals surface area (Å²) in [6.45, 7) is 2.17. The summed E-state index contributed by atoms with van der Waals surface area (Å²) in [5.41, 5.74) is 4.99. The molecule has 124 valence electrons. The van der Waals surface area contributed by atoms with E-state index in [4.69, 9.17) is 4.42 Å². The second kappa shape index (κ2) is 4.58. The number of benzene rings is 1. The highest BCUT2D eigenvalue weighted by molar-refractivity contribution is 6.12. The van der Waals surface area contributed by atoms with Crippen LogP contribution >= 0.6 is 0 Å². The largest absolute Gasteiger partial charge is 0.460 e. The SMILES string of the molecule is C[C@]12CCCc3coc(c31)C(=O)c1cc3c(cc12)[C@@H](O)CC[C@@H]3O. The lowest BCUT2D eigenvalue weighted by atomic mass is 9.62. The maximum Gasteiger partial charge on any atom is 0.228 e. The fourth-order valence-corrected chi connectivity index (χ4v) is 4.98. The number of aliphatic hydroxyl groups is 2. The number of aliphatic hydroxyl groups excluding tert-OH is 2. The van der Waals surface area contributed by atoms with E-state index >= 15 is 0 Å². The fraction of sp³-hybridized carbons (Fsp3) is 0.450. The molecule has 1 heterocycles. The number of furan rings is 1. The van der Waals surface area contributed by atoms with E-state index in [2.05, 4.69) is 6.92 Å². The molecule has 0 radical (unpaired) electrons. The molecule has 24 heavy (non-hydrogen) atoms. The van der Waals surface area contributed by atoms with Crippen molar-refractivity contribution in [2.75, 3.05) is 0 Å². The summed E-state index contributed by atoms with van der Waals surface area (Å²) in [4.78, 5) is 13.0. The Kier molecular flexibility index (Phi) is 2.76. The quantitative estimate of drug-likeness (QED) is 0.780. The first kappa shape index (κ1) is 14.4. The van der Waals surface area contributed by atoms with Crippen LogP contribution < -0.4 is 0 Å². The van der Waals surface area contributed by atoms with Crippen molar-refractivity contribution >= 4 is 5.78 Å². The Morgan fingerprint density at radius 2 is 1.88 bits per heavy atom. The molecule has 1 aromatic heterocycles. The summed E-state index contributed by atoms with van der Waals surface area (Å²) in [5, 5.41) is 20.7. The molecule has 4 heteroatoms. The van der Waals surface area contributed by atoms with Gasteiger partial charge in [-0.15, -0.1) is 0 Å². The lowest BCUT2D eigenvalue weighted by molar-refractivity contribution is 0.0900. The molecular formula is C20H20O4. The van der Waals surface area contributed by atoms with Crippen LogP contribution in [-0.4, -0.2) is 16.0 Å². The van der Waals surface area contributed by atoms with Crippen LogP contribution in [0.15, 0.2) is 22.8 Å². The maximum absolute atomic E-state index is 13.0. The predicted octanol–water partition coefficient (Wildman–Crippen LogP) is 3.33. The molecule has 0 aliphatic heterocycles. The number of rotatable bonds is 0. The Hall–Kier alpha value is -1.91. The molecule has 4 nitrogen and oxygen atoms in total. The van der Waals surface area contributed by atoms with Crippen molar-refractivity contribution in [1.29, 1.82) is 0 Å². The van der Waals surface area contributed by atoms with E-state index in [0.717, 1.165) is 41.5 Å². The molecule has 3 aliphatic rings. The lowest BCUT2D eigenvalue weighted by Gasteiger charge is -2.40. The zero-order chi connectivity index (χ0) is 16.6. The highest BCUT2D eigenvalue weighted by atomic mass is 16.3. The maximum atomic E-state index is 13.0. The third-order valence-electron chi connectivity index (χ3n) is 6.24. The van der Waals surface area contributed by atoms with Crippen molar-refractivity contribution in [1.82, 2.24) is 0 Å². The predicted molar refractivity (Wildman–Crippen MR) is 87.1 cm³/mol. The smallest absolute Gasteiger partial charge is 0.228 e. The molecule has 2 N–H and O–H groups in total. The molecule has 0 bridgehead atoms. The van der Waals surface area contributed by atoms with Crippen molar-refractivity contribution in [3.8, 4) is 0 Å². The molecule has 0 saturated heterocycles. The standard InChI is InChI=1S/C20H20O4/c1-20-6-2-3-10-9-24-19(17(10)20)18(23)13-7-11-12(8-14(13)20)16(22)5-4-15(11)21/h7-9,15-16,21-22H,2-6H2,1H3/t15-,16-,20+/m0/s1. The van der Waals surface area contributed by atoms with Crippen molar-refractivity contribution in [3.05, 3.63) is 57.5 Å². The number of fused-ring (bicyclic) bond motifs is 3. The third kappa shape index (κ3) is 1.63. The summed E-state index contributed by atoms with van der Waals surface area (Å²) in [6, 6.07) is 3.77. The second-order valence-electron chi connectivity index (χ2n) is 7.62. The minimum atomic E-state index is -0.616. The van der Waals surface area contributed by atoms with Gasteiger partial charge in [0.15, 0.2) is 5.76 Å². The molecule has 0 fully saturated rings. The van der Waals surface area contributed by atoms with Gasteiger partial charge >= 0.3 is 0 Å². The summed E-state index contributed by atoms with van der Waals surface area (Å²) in [6.07, 6.45) is 4.59. The minimum Gasteiger partial charge on any atom is -0.460 e.